The van der Waals surface area contributed by atoms with E-state index >= 15 is 0 Å². The van der Waals surface area contributed by atoms with Gasteiger partial charge in [-0.15, -0.1) is 12.4 Å². The van der Waals surface area contributed by atoms with Gasteiger partial charge in [-0.3, -0.25) is 0 Å². The number of ether oxygens (including phenoxy) is 3. The highest BCUT2D eigenvalue weighted by molar-refractivity contribution is 5.85. The summed E-state index contributed by atoms with van der Waals surface area (Å²) in [6.45, 7) is 1.67. The monoisotopic (exact) mass is 555 g/mol. The molecule has 0 spiro atoms. The van der Waals surface area contributed by atoms with Crippen LogP contribution in [0.5, 0.6) is 0 Å². The molecule has 1 aliphatic rings. The molecule has 1 N–H and O–H groups in total. The van der Waals surface area contributed by atoms with Crippen molar-refractivity contribution >= 4 is 18.4 Å². The van der Waals surface area contributed by atoms with E-state index in [1.54, 1.807) is 0 Å². The molecule has 12 heteroatoms. The third kappa shape index (κ3) is 8.07. The fourth-order valence-corrected chi connectivity index (χ4v) is 4.24. The lowest BCUT2D eigenvalue weighted by Crippen LogP contribution is -2.43. The Kier molecular flexibility index (Phi) is 10.8. The number of esters is 1. The van der Waals surface area contributed by atoms with E-state index in [-0.39, 0.29) is 37.1 Å². The predicted octanol–water partition coefficient (Wildman–Crippen LogP) is 5.71. The Morgan fingerprint density at radius 2 is 1.51 bits per heavy atom. The number of benzene rings is 2. The maximum atomic E-state index is 13.2. The van der Waals surface area contributed by atoms with Gasteiger partial charge in [-0.1, -0.05) is 30.3 Å². The number of nitrogens with one attached hydrogen (secondary N) is 1. The van der Waals surface area contributed by atoms with Gasteiger partial charge in [0.05, 0.1) is 38.1 Å². The van der Waals surface area contributed by atoms with Crippen LogP contribution in [-0.2, 0) is 36.8 Å². The van der Waals surface area contributed by atoms with Crippen LogP contribution >= 0.6 is 12.4 Å². The smallest absolute Gasteiger partial charge is 0.416 e. The molecule has 1 aliphatic heterocycles. The molecule has 2 aromatic carbocycles. The molecule has 3 rings (SSSR count). The van der Waals surface area contributed by atoms with Crippen molar-refractivity contribution in [1.82, 2.24) is 5.32 Å². The molecule has 2 aromatic rings. The molecule has 0 aliphatic carbocycles. The number of piperidine rings is 1. The maximum Gasteiger partial charge on any atom is 0.416 e. The summed E-state index contributed by atoms with van der Waals surface area (Å²) in [5, 5.41) is 3.30. The molecule has 1 heterocycles. The zero-order chi connectivity index (χ0) is 26.4. The predicted molar refractivity (Wildman–Crippen MR) is 125 cm³/mol. The van der Waals surface area contributed by atoms with Crippen molar-refractivity contribution in [2.75, 3.05) is 40.0 Å². The molecule has 0 radical (unpaired) electrons. The summed E-state index contributed by atoms with van der Waals surface area (Å²) in [5.41, 5.74) is -2.82. The van der Waals surface area contributed by atoms with E-state index in [1.165, 1.54) is 0 Å². The minimum Gasteiger partial charge on any atom is -0.467 e. The van der Waals surface area contributed by atoms with E-state index in [4.69, 9.17) is 9.47 Å². The fraction of sp³-hybridized carbons (Fsp3) is 0.480. The van der Waals surface area contributed by atoms with Crippen molar-refractivity contribution < 1.29 is 45.3 Å². The number of alkyl halides is 6. The summed E-state index contributed by atoms with van der Waals surface area (Å²) in [7, 11) is 0.966. The Bertz CT molecular complexity index is 978. The van der Waals surface area contributed by atoms with E-state index in [1.807, 2.05) is 30.3 Å². The maximum absolute atomic E-state index is 13.2. The summed E-state index contributed by atoms with van der Waals surface area (Å²) in [6, 6.07) is 10.7. The first-order chi connectivity index (χ1) is 17.0. The lowest BCUT2D eigenvalue weighted by Gasteiger charge is -2.38. The second kappa shape index (κ2) is 12.9. The van der Waals surface area contributed by atoms with Crippen LogP contribution in [0.2, 0.25) is 0 Å². The first kappa shape index (κ1) is 30.9. The van der Waals surface area contributed by atoms with E-state index in [0.29, 0.717) is 18.7 Å². The number of carbonyl (C=O) groups excluding carboxylic acids is 1. The van der Waals surface area contributed by atoms with E-state index in [9.17, 15) is 31.1 Å². The molecule has 1 fully saturated rings. The van der Waals surface area contributed by atoms with Gasteiger partial charge in [0, 0.05) is 5.41 Å². The van der Waals surface area contributed by atoms with Gasteiger partial charge in [0.1, 0.15) is 0 Å². The van der Waals surface area contributed by atoms with Gasteiger partial charge in [-0.25, -0.2) is 4.79 Å². The number of hydrogen-bond donors (Lipinski definition) is 1. The van der Waals surface area contributed by atoms with Crippen LogP contribution in [0, 0.1) is 0 Å². The number of methoxy groups -OCH3 is 1. The minimum atomic E-state index is -5.06. The van der Waals surface area contributed by atoms with Gasteiger partial charge in [-0.05, 0) is 55.3 Å². The van der Waals surface area contributed by atoms with Crippen molar-refractivity contribution in [1.29, 1.82) is 0 Å². The van der Waals surface area contributed by atoms with Crippen molar-refractivity contribution in [3.63, 3.8) is 0 Å². The highest BCUT2D eigenvalue weighted by Crippen LogP contribution is 2.38. The Labute approximate surface area is 216 Å². The number of hydrogen-bond acceptors (Lipinski definition) is 5. The molecule has 206 valence electrons. The Morgan fingerprint density at radius 1 is 0.946 bits per heavy atom. The zero-order valence-corrected chi connectivity index (χ0v) is 20.8. The fourth-order valence-electron chi connectivity index (χ4n) is 4.24. The molecule has 0 aromatic heterocycles. The molecule has 1 atom stereocenters. The molecule has 37 heavy (non-hydrogen) atoms. The molecule has 5 nitrogen and oxygen atoms in total. The van der Waals surface area contributed by atoms with Crippen molar-refractivity contribution in [3.05, 3.63) is 70.8 Å². The van der Waals surface area contributed by atoms with Gasteiger partial charge < -0.3 is 19.5 Å². The molecular formula is C25H28ClF6NO4. The van der Waals surface area contributed by atoms with Crippen molar-refractivity contribution in [2.45, 2.75) is 36.7 Å². The average molecular weight is 556 g/mol. The van der Waals surface area contributed by atoms with Crippen LogP contribution in [0.15, 0.2) is 48.5 Å². The number of rotatable bonds is 9. The molecule has 0 saturated carbocycles. The quantitative estimate of drug-likeness (QED) is 0.244. The molecule has 0 bridgehead atoms. The number of carbonyl (C=O) groups is 1. The summed E-state index contributed by atoms with van der Waals surface area (Å²) in [5.74, 6) is -1.12. The van der Waals surface area contributed by atoms with E-state index in [2.05, 4.69) is 10.1 Å². The van der Waals surface area contributed by atoms with Crippen LogP contribution in [0.25, 0.3) is 0 Å². The normalized spacial score (nSPS) is 16.5. The summed E-state index contributed by atoms with van der Waals surface area (Å²) in [6.07, 6.45) is -10.2. The third-order valence-corrected chi connectivity index (χ3v) is 6.17. The molecular weight excluding hydrogens is 528 g/mol. The first-order valence-corrected chi connectivity index (χ1v) is 11.3. The van der Waals surface area contributed by atoms with E-state index in [0.717, 1.165) is 38.6 Å². The first-order valence-electron chi connectivity index (χ1n) is 11.3. The molecule has 1 unspecified atom stereocenters. The van der Waals surface area contributed by atoms with Crippen LogP contribution in [0.4, 0.5) is 26.3 Å². The third-order valence-electron chi connectivity index (χ3n) is 6.17. The van der Waals surface area contributed by atoms with Crippen LogP contribution < -0.4 is 5.32 Å². The second-order valence-electron chi connectivity index (χ2n) is 8.56. The Morgan fingerprint density at radius 3 is 2.03 bits per heavy atom. The highest BCUT2D eigenvalue weighted by atomic mass is 35.5. The van der Waals surface area contributed by atoms with Gasteiger partial charge in [0.25, 0.3) is 0 Å². The highest BCUT2D eigenvalue weighted by Gasteiger charge is 2.39. The molecule has 1 saturated heterocycles. The summed E-state index contributed by atoms with van der Waals surface area (Å²) in [4.78, 5) is 12.2. The SMILES string of the molecule is COC(=O)C(OCCOCC1(c2ccccc2)CCNCC1)c1cc(C(F)(F)F)cc(C(F)(F)F)c1.Cl. The minimum absolute atomic E-state index is 0. The van der Waals surface area contributed by atoms with Gasteiger partial charge in [0.2, 0.25) is 0 Å². The molecule has 0 amide bonds. The van der Waals surface area contributed by atoms with Gasteiger partial charge >= 0.3 is 18.3 Å². The van der Waals surface area contributed by atoms with Gasteiger partial charge in [-0.2, -0.15) is 26.3 Å². The average Bonchev–Trinajstić information content (AvgIpc) is 2.85. The Hall–Kier alpha value is -2.34. The summed E-state index contributed by atoms with van der Waals surface area (Å²) < 4.78 is 95.2. The lowest BCUT2D eigenvalue weighted by atomic mass is 9.74. The van der Waals surface area contributed by atoms with Crippen LogP contribution in [0.1, 0.15) is 41.2 Å². The zero-order valence-electron chi connectivity index (χ0n) is 20.0. The standard InChI is InChI=1S/C25H27F6NO4.ClH/c1-34-22(33)21(17-13-19(24(26,27)28)15-20(14-17)25(29,30)31)36-12-11-35-16-23(7-9-32-10-8-23)18-5-3-2-4-6-18;/h2-6,13-15,21,32H,7-12,16H2,1H3;1H. The van der Waals surface area contributed by atoms with Crippen molar-refractivity contribution in [2.24, 2.45) is 0 Å². The largest absolute Gasteiger partial charge is 0.467 e. The van der Waals surface area contributed by atoms with Gasteiger partial charge in [0.15, 0.2) is 6.10 Å². The topological polar surface area (TPSA) is 56.8 Å². The Balaban J connectivity index is 0.00000481. The lowest BCUT2D eigenvalue weighted by molar-refractivity contribution is -0.156. The van der Waals surface area contributed by atoms with Crippen LogP contribution in [-0.4, -0.2) is 46.0 Å². The van der Waals surface area contributed by atoms with E-state index < -0.39 is 41.1 Å². The number of halogens is 7. The van der Waals surface area contributed by atoms with Crippen molar-refractivity contribution in [3.8, 4) is 0 Å². The summed E-state index contributed by atoms with van der Waals surface area (Å²) >= 11 is 0. The second-order valence-corrected chi connectivity index (χ2v) is 8.56. The van der Waals surface area contributed by atoms with Crippen LogP contribution in [0.3, 0.4) is 0 Å².